The van der Waals surface area contributed by atoms with Gasteiger partial charge >= 0.3 is 5.97 Å². The molecule has 0 saturated carbocycles. The molecule has 0 fully saturated rings. The van der Waals surface area contributed by atoms with Gasteiger partial charge in [-0.05, 0) is 44.0 Å². The number of ether oxygens (including phenoxy) is 1. The van der Waals surface area contributed by atoms with Crippen LogP contribution in [0.2, 0.25) is 0 Å². The summed E-state index contributed by atoms with van der Waals surface area (Å²) in [5.41, 5.74) is 2.48. The van der Waals surface area contributed by atoms with Gasteiger partial charge in [-0.15, -0.1) is 0 Å². The normalized spacial score (nSPS) is 15.7. The third-order valence-corrected chi connectivity index (χ3v) is 3.63. The van der Waals surface area contributed by atoms with Crippen molar-refractivity contribution in [3.8, 4) is 5.75 Å². The molecule has 0 radical (unpaired) electrons. The molecule has 1 aromatic carbocycles. The number of hydrogen-bond donors (Lipinski definition) is 1. The van der Waals surface area contributed by atoms with E-state index in [-0.39, 0.29) is 12.5 Å². The van der Waals surface area contributed by atoms with E-state index in [0.717, 1.165) is 31.7 Å². The van der Waals surface area contributed by atoms with E-state index in [4.69, 9.17) is 9.84 Å². The van der Waals surface area contributed by atoms with Crippen LogP contribution < -0.4 is 4.74 Å². The van der Waals surface area contributed by atoms with Gasteiger partial charge in [0.1, 0.15) is 5.75 Å². The zero-order valence-electron chi connectivity index (χ0n) is 11.6. The Labute approximate surface area is 114 Å². The Bertz CT molecular complexity index is 459. The first-order chi connectivity index (χ1) is 9.06. The number of aliphatic carboxylic acids is 1. The molecule has 1 unspecified atom stereocenters. The minimum Gasteiger partial charge on any atom is -0.493 e. The Morgan fingerprint density at radius 3 is 3.05 bits per heavy atom. The van der Waals surface area contributed by atoms with Crippen LogP contribution in [0.1, 0.15) is 30.9 Å². The number of hydrogen-bond acceptors (Lipinski definition) is 3. The van der Waals surface area contributed by atoms with Crippen LogP contribution in [0.15, 0.2) is 18.2 Å². The topological polar surface area (TPSA) is 49.8 Å². The van der Waals surface area contributed by atoms with E-state index >= 15 is 0 Å². The van der Waals surface area contributed by atoms with Crippen LogP contribution in [0.25, 0.3) is 0 Å². The summed E-state index contributed by atoms with van der Waals surface area (Å²) in [6, 6.07) is 6.30. The lowest BCUT2D eigenvalue weighted by atomic mass is 10.0. The third-order valence-electron chi connectivity index (χ3n) is 3.63. The average Bonchev–Trinajstić information content (AvgIpc) is 2.37. The molecule has 1 aliphatic rings. The van der Waals surface area contributed by atoms with Crippen LogP contribution in [-0.4, -0.2) is 35.7 Å². The van der Waals surface area contributed by atoms with Gasteiger partial charge in [0.25, 0.3) is 0 Å². The highest BCUT2D eigenvalue weighted by Gasteiger charge is 2.15. The van der Waals surface area contributed by atoms with Gasteiger partial charge in [-0.3, -0.25) is 9.69 Å². The smallest absolute Gasteiger partial charge is 0.304 e. The predicted octanol–water partition coefficient (Wildman–Crippen LogP) is 2.31. The zero-order chi connectivity index (χ0) is 13.8. The molecule has 1 N–H and O–H groups in total. The Morgan fingerprint density at radius 1 is 1.53 bits per heavy atom. The minimum absolute atomic E-state index is 0.0322. The first-order valence-electron chi connectivity index (χ1n) is 6.73. The molecule has 4 heteroatoms. The highest BCUT2D eigenvalue weighted by Crippen LogP contribution is 2.26. The van der Waals surface area contributed by atoms with E-state index in [1.54, 1.807) is 0 Å². The number of carbonyl (C=O) groups is 1. The van der Waals surface area contributed by atoms with E-state index in [0.29, 0.717) is 0 Å². The van der Waals surface area contributed by atoms with Gasteiger partial charge in [0, 0.05) is 12.6 Å². The largest absolute Gasteiger partial charge is 0.493 e. The van der Waals surface area contributed by atoms with Crippen molar-refractivity contribution in [2.24, 2.45) is 0 Å². The molecule has 0 saturated heterocycles. The summed E-state index contributed by atoms with van der Waals surface area (Å²) in [6.45, 7) is 3.51. The van der Waals surface area contributed by atoms with Gasteiger partial charge in [0.2, 0.25) is 0 Å². The van der Waals surface area contributed by atoms with Crippen molar-refractivity contribution in [1.82, 2.24) is 4.90 Å². The van der Waals surface area contributed by atoms with Crippen molar-refractivity contribution in [2.75, 3.05) is 13.7 Å². The highest BCUT2D eigenvalue weighted by atomic mass is 16.5. The highest BCUT2D eigenvalue weighted by molar-refractivity contribution is 5.67. The van der Waals surface area contributed by atoms with Gasteiger partial charge in [-0.1, -0.05) is 12.1 Å². The molecular formula is C15H21NO3. The second-order valence-corrected chi connectivity index (χ2v) is 5.26. The molecule has 0 aromatic heterocycles. The maximum Gasteiger partial charge on any atom is 0.304 e. The third kappa shape index (κ3) is 3.70. The van der Waals surface area contributed by atoms with Gasteiger partial charge < -0.3 is 9.84 Å². The molecule has 0 spiro atoms. The lowest BCUT2D eigenvalue weighted by Gasteiger charge is -2.24. The van der Waals surface area contributed by atoms with Crippen LogP contribution in [0, 0.1) is 0 Å². The molecule has 0 amide bonds. The summed E-state index contributed by atoms with van der Waals surface area (Å²) in [6.07, 6.45) is 2.31. The van der Waals surface area contributed by atoms with Crippen LogP contribution in [0.4, 0.5) is 0 Å². The summed E-state index contributed by atoms with van der Waals surface area (Å²) < 4.78 is 5.59. The second-order valence-electron chi connectivity index (χ2n) is 5.26. The summed E-state index contributed by atoms with van der Waals surface area (Å²) in [7, 11) is 1.96. The second kappa shape index (κ2) is 6.06. The Kier molecular flexibility index (Phi) is 4.43. The first kappa shape index (κ1) is 13.9. The summed E-state index contributed by atoms with van der Waals surface area (Å²) in [5.74, 6) is 0.245. The maximum absolute atomic E-state index is 10.7. The van der Waals surface area contributed by atoms with Crippen LogP contribution in [-0.2, 0) is 17.8 Å². The number of carboxylic acid groups (broad SMARTS) is 1. The van der Waals surface area contributed by atoms with E-state index in [2.05, 4.69) is 17.0 Å². The van der Waals surface area contributed by atoms with Crippen LogP contribution >= 0.6 is 0 Å². The molecule has 19 heavy (non-hydrogen) atoms. The SMILES string of the molecule is CC(CC(=O)O)N(C)Cc1ccc2c(c1)CCCO2. The van der Waals surface area contributed by atoms with Gasteiger partial charge in [0.05, 0.1) is 13.0 Å². The van der Waals surface area contributed by atoms with Crippen molar-refractivity contribution in [3.05, 3.63) is 29.3 Å². The van der Waals surface area contributed by atoms with Crippen molar-refractivity contribution in [3.63, 3.8) is 0 Å². The van der Waals surface area contributed by atoms with Crippen LogP contribution in [0.3, 0.4) is 0 Å². The summed E-state index contributed by atoms with van der Waals surface area (Å²) in [5, 5.41) is 8.81. The van der Waals surface area contributed by atoms with E-state index < -0.39 is 5.97 Å². The summed E-state index contributed by atoms with van der Waals surface area (Å²) in [4.78, 5) is 12.8. The molecule has 0 aliphatic carbocycles. The summed E-state index contributed by atoms with van der Waals surface area (Å²) >= 11 is 0. The van der Waals surface area contributed by atoms with Crippen molar-refractivity contribution >= 4 is 5.97 Å². The van der Waals surface area contributed by atoms with Crippen LogP contribution in [0.5, 0.6) is 5.75 Å². The lowest BCUT2D eigenvalue weighted by molar-refractivity contribution is -0.138. The number of aryl methyl sites for hydroxylation is 1. The predicted molar refractivity (Wildman–Crippen MR) is 73.4 cm³/mol. The first-order valence-corrected chi connectivity index (χ1v) is 6.73. The fourth-order valence-electron chi connectivity index (χ4n) is 2.36. The van der Waals surface area contributed by atoms with Gasteiger partial charge in [-0.25, -0.2) is 0 Å². The molecular weight excluding hydrogens is 242 g/mol. The fourth-order valence-corrected chi connectivity index (χ4v) is 2.36. The van der Waals surface area contributed by atoms with Gasteiger partial charge in [-0.2, -0.15) is 0 Å². The molecule has 0 bridgehead atoms. The fraction of sp³-hybridized carbons (Fsp3) is 0.533. The van der Waals surface area contributed by atoms with Crippen molar-refractivity contribution < 1.29 is 14.6 Å². The molecule has 4 nitrogen and oxygen atoms in total. The van der Waals surface area contributed by atoms with Crippen molar-refractivity contribution in [1.29, 1.82) is 0 Å². The minimum atomic E-state index is -0.752. The zero-order valence-corrected chi connectivity index (χ0v) is 11.6. The molecule has 104 valence electrons. The monoisotopic (exact) mass is 263 g/mol. The quantitative estimate of drug-likeness (QED) is 0.885. The average molecular weight is 263 g/mol. The number of rotatable bonds is 5. The Morgan fingerprint density at radius 2 is 2.32 bits per heavy atom. The van der Waals surface area contributed by atoms with Crippen molar-refractivity contribution in [2.45, 2.75) is 38.8 Å². The molecule has 1 atom stereocenters. The number of nitrogens with zero attached hydrogens (tertiary/aromatic N) is 1. The number of benzene rings is 1. The van der Waals surface area contributed by atoms with Gasteiger partial charge in [0.15, 0.2) is 0 Å². The standard InChI is InChI=1S/C15H21NO3/c1-11(8-15(17)18)16(2)10-12-5-6-14-13(9-12)4-3-7-19-14/h5-6,9,11H,3-4,7-8,10H2,1-2H3,(H,17,18). The molecule has 1 heterocycles. The number of carboxylic acids is 1. The van der Waals surface area contributed by atoms with E-state index in [9.17, 15) is 4.79 Å². The molecule has 1 aliphatic heterocycles. The van der Waals surface area contributed by atoms with E-state index in [1.165, 1.54) is 11.1 Å². The number of fused-ring (bicyclic) bond motifs is 1. The Hall–Kier alpha value is -1.55. The lowest BCUT2D eigenvalue weighted by Crippen LogP contribution is -2.30. The molecule has 1 aromatic rings. The molecule has 2 rings (SSSR count). The van der Waals surface area contributed by atoms with E-state index in [1.807, 2.05) is 20.0 Å². The Balaban J connectivity index is 2.00. The maximum atomic E-state index is 10.7.